The Kier molecular flexibility index (Phi) is 7.91. The molecule has 1 aliphatic heterocycles. The monoisotopic (exact) mass is 464 g/mol. The van der Waals surface area contributed by atoms with Crippen molar-refractivity contribution in [3.05, 3.63) is 59.3 Å². The fourth-order valence-electron chi connectivity index (χ4n) is 4.84. The SMILES string of the molecule is CCOC(=O)c1c(C)n(-c2ccc(C)cc2)c2ccc(OC[C@H](O)CN3CCCCCC3)cc12. The molecule has 1 fully saturated rings. The highest BCUT2D eigenvalue weighted by atomic mass is 16.5. The summed E-state index contributed by atoms with van der Waals surface area (Å²) < 4.78 is 13.4. The van der Waals surface area contributed by atoms with Crippen molar-refractivity contribution in [2.24, 2.45) is 0 Å². The van der Waals surface area contributed by atoms with Gasteiger partial charge in [-0.05, 0) is 77.0 Å². The van der Waals surface area contributed by atoms with Gasteiger partial charge in [-0.25, -0.2) is 4.79 Å². The van der Waals surface area contributed by atoms with Crippen molar-refractivity contribution >= 4 is 16.9 Å². The number of ether oxygens (including phenoxy) is 2. The number of aliphatic hydroxyl groups is 1. The minimum absolute atomic E-state index is 0.217. The number of esters is 1. The summed E-state index contributed by atoms with van der Waals surface area (Å²) >= 11 is 0. The van der Waals surface area contributed by atoms with Gasteiger partial charge in [0.1, 0.15) is 18.5 Å². The molecule has 6 heteroatoms. The second-order valence-corrected chi connectivity index (χ2v) is 9.21. The van der Waals surface area contributed by atoms with Gasteiger partial charge in [-0.2, -0.15) is 0 Å². The first-order chi connectivity index (χ1) is 16.5. The minimum atomic E-state index is -0.558. The summed E-state index contributed by atoms with van der Waals surface area (Å²) in [7, 11) is 0. The lowest BCUT2D eigenvalue weighted by atomic mass is 10.1. The maximum atomic E-state index is 12.9. The van der Waals surface area contributed by atoms with Gasteiger partial charge in [0.05, 0.1) is 17.7 Å². The number of nitrogens with zero attached hydrogens (tertiary/aromatic N) is 2. The van der Waals surface area contributed by atoms with Crippen LogP contribution in [0.25, 0.3) is 16.6 Å². The molecule has 0 aliphatic carbocycles. The van der Waals surface area contributed by atoms with Gasteiger partial charge in [-0.1, -0.05) is 30.5 Å². The summed E-state index contributed by atoms with van der Waals surface area (Å²) in [5.41, 5.74) is 4.47. The standard InChI is InChI=1S/C28H36N2O4/c1-4-33-28(32)27-21(3)30(22-11-9-20(2)10-12-22)26-14-13-24(17-25(26)27)34-19-23(31)18-29-15-7-5-6-8-16-29/h9-14,17,23,31H,4-8,15-16,18-19H2,1-3H3/t23-/m1/s1. The van der Waals surface area contributed by atoms with Crippen LogP contribution in [0.3, 0.4) is 0 Å². The van der Waals surface area contributed by atoms with Gasteiger partial charge in [0.15, 0.2) is 0 Å². The molecule has 0 amide bonds. The van der Waals surface area contributed by atoms with Crippen LogP contribution >= 0.6 is 0 Å². The average Bonchev–Trinajstić information content (AvgIpc) is 2.94. The van der Waals surface area contributed by atoms with Crippen molar-refractivity contribution in [2.45, 2.75) is 52.6 Å². The van der Waals surface area contributed by atoms with E-state index in [1.54, 1.807) is 0 Å². The molecule has 2 heterocycles. The molecule has 1 N–H and O–H groups in total. The van der Waals surface area contributed by atoms with Crippen LogP contribution in [0.5, 0.6) is 5.75 Å². The predicted octanol–water partition coefficient (Wildman–Crippen LogP) is 5.04. The molecular formula is C28H36N2O4. The molecule has 1 saturated heterocycles. The third-order valence-electron chi connectivity index (χ3n) is 6.56. The molecule has 0 radical (unpaired) electrons. The van der Waals surface area contributed by atoms with Crippen LogP contribution in [0, 0.1) is 13.8 Å². The highest BCUT2D eigenvalue weighted by molar-refractivity contribution is 6.07. The number of hydrogen-bond acceptors (Lipinski definition) is 5. The Bertz CT molecular complexity index is 1110. The van der Waals surface area contributed by atoms with E-state index in [2.05, 4.69) is 40.7 Å². The molecular weight excluding hydrogens is 428 g/mol. The van der Waals surface area contributed by atoms with E-state index in [1.165, 1.54) is 31.2 Å². The lowest BCUT2D eigenvalue weighted by Crippen LogP contribution is -2.36. The Morgan fingerprint density at radius 1 is 1.03 bits per heavy atom. The number of hydrogen-bond donors (Lipinski definition) is 1. The summed E-state index contributed by atoms with van der Waals surface area (Å²) in [5, 5.41) is 11.3. The third-order valence-corrected chi connectivity index (χ3v) is 6.56. The van der Waals surface area contributed by atoms with Gasteiger partial charge in [0.25, 0.3) is 0 Å². The Hall–Kier alpha value is -2.83. The number of aryl methyl sites for hydroxylation is 1. The molecule has 0 unspecified atom stereocenters. The zero-order chi connectivity index (χ0) is 24.1. The Balaban J connectivity index is 1.59. The van der Waals surface area contributed by atoms with Crippen molar-refractivity contribution in [3.63, 3.8) is 0 Å². The number of likely N-dealkylation sites (tertiary alicyclic amines) is 1. The van der Waals surface area contributed by atoms with Crippen LogP contribution in [0.4, 0.5) is 0 Å². The van der Waals surface area contributed by atoms with Gasteiger partial charge in [-0.15, -0.1) is 0 Å². The maximum absolute atomic E-state index is 12.9. The van der Waals surface area contributed by atoms with Crippen LogP contribution in [0.15, 0.2) is 42.5 Å². The molecule has 0 saturated carbocycles. The summed E-state index contributed by atoms with van der Waals surface area (Å²) in [6, 6.07) is 14.0. The lowest BCUT2D eigenvalue weighted by molar-refractivity contribution is 0.0527. The van der Waals surface area contributed by atoms with E-state index in [0.717, 1.165) is 35.4 Å². The van der Waals surface area contributed by atoms with Crippen molar-refractivity contribution in [1.29, 1.82) is 0 Å². The van der Waals surface area contributed by atoms with E-state index < -0.39 is 6.10 Å². The van der Waals surface area contributed by atoms with E-state index in [-0.39, 0.29) is 12.6 Å². The van der Waals surface area contributed by atoms with E-state index in [1.807, 2.05) is 32.0 Å². The molecule has 1 aromatic heterocycles. The van der Waals surface area contributed by atoms with Gasteiger partial charge in [-0.3, -0.25) is 0 Å². The van der Waals surface area contributed by atoms with Gasteiger partial charge >= 0.3 is 5.97 Å². The van der Waals surface area contributed by atoms with E-state index in [0.29, 0.717) is 24.5 Å². The molecule has 6 nitrogen and oxygen atoms in total. The largest absolute Gasteiger partial charge is 0.491 e. The number of β-amino-alcohol motifs (C(OH)–C–C–N with tert-alkyl or cyclic N) is 1. The van der Waals surface area contributed by atoms with Gasteiger partial charge in [0, 0.05) is 23.3 Å². The van der Waals surface area contributed by atoms with Crippen LogP contribution in [-0.4, -0.2) is 59.5 Å². The molecule has 0 spiro atoms. The van der Waals surface area contributed by atoms with Crippen molar-refractivity contribution in [2.75, 3.05) is 32.8 Å². The summed E-state index contributed by atoms with van der Waals surface area (Å²) in [4.78, 5) is 15.2. The second kappa shape index (κ2) is 11.1. The first-order valence-electron chi connectivity index (χ1n) is 12.4. The first kappa shape index (κ1) is 24.3. The predicted molar refractivity (Wildman–Crippen MR) is 135 cm³/mol. The number of carbonyl (C=O) groups is 1. The van der Waals surface area contributed by atoms with E-state index >= 15 is 0 Å². The fraction of sp³-hybridized carbons (Fsp3) is 0.464. The van der Waals surface area contributed by atoms with Crippen LogP contribution in [0.1, 0.15) is 54.2 Å². The number of aliphatic hydroxyl groups excluding tert-OH is 1. The number of rotatable bonds is 8. The zero-order valence-corrected chi connectivity index (χ0v) is 20.5. The topological polar surface area (TPSA) is 63.9 Å². The number of benzene rings is 2. The third kappa shape index (κ3) is 5.45. The molecule has 34 heavy (non-hydrogen) atoms. The first-order valence-corrected chi connectivity index (χ1v) is 12.4. The molecule has 1 atom stereocenters. The molecule has 1 aliphatic rings. The average molecular weight is 465 g/mol. The second-order valence-electron chi connectivity index (χ2n) is 9.21. The fourth-order valence-corrected chi connectivity index (χ4v) is 4.84. The molecule has 2 aromatic carbocycles. The molecule has 3 aromatic rings. The quantitative estimate of drug-likeness (QED) is 0.473. The lowest BCUT2D eigenvalue weighted by Gasteiger charge is -2.23. The van der Waals surface area contributed by atoms with Crippen molar-refractivity contribution < 1.29 is 19.4 Å². The minimum Gasteiger partial charge on any atom is -0.491 e. The summed E-state index contributed by atoms with van der Waals surface area (Å²) in [6.07, 6.45) is 4.37. The summed E-state index contributed by atoms with van der Waals surface area (Å²) in [6.45, 7) is 9.04. The number of carbonyl (C=O) groups excluding carboxylic acids is 1. The molecule has 4 rings (SSSR count). The smallest absolute Gasteiger partial charge is 0.340 e. The zero-order valence-electron chi connectivity index (χ0n) is 20.5. The Morgan fingerprint density at radius 3 is 2.41 bits per heavy atom. The van der Waals surface area contributed by atoms with Gasteiger partial charge < -0.3 is 24.0 Å². The number of aromatic nitrogens is 1. The molecule has 0 bridgehead atoms. The Morgan fingerprint density at radius 2 is 1.74 bits per heavy atom. The number of fused-ring (bicyclic) bond motifs is 1. The van der Waals surface area contributed by atoms with Crippen LogP contribution in [-0.2, 0) is 4.74 Å². The highest BCUT2D eigenvalue weighted by Gasteiger charge is 2.23. The van der Waals surface area contributed by atoms with Crippen molar-refractivity contribution in [3.8, 4) is 11.4 Å². The Labute approximate surface area is 202 Å². The molecule has 182 valence electrons. The van der Waals surface area contributed by atoms with Crippen molar-refractivity contribution in [1.82, 2.24) is 9.47 Å². The van der Waals surface area contributed by atoms with Crippen LogP contribution in [0.2, 0.25) is 0 Å². The van der Waals surface area contributed by atoms with E-state index in [9.17, 15) is 9.90 Å². The summed E-state index contributed by atoms with van der Waals surface area (Å²) in [5.74, 6) is 0.295. The van der Waals surface area contributed by atoms with Crippen LogP contribution < -0.4 is 4.74 Å². The highest BCUT2D eigenvalue weighted by Crippen LogP contribution is 2.32. The normalized spacial score (nSPS) is 15.8. The maximum Gasteiger partial charge on any atom is 0.340 e. The van der Waals surface area contributed by atoms with Gasteiger partial charge in [0.2, 0.25) is 0 Å². The van der Waals surface area contributed by atoms with E-state index in [4.69, 9.17) is 9.47 Å².